The van der Waals surface area contributed by atoms with Gasteiger partial charge in [-0.15, -0.1) is 0 Å². The van der Waals surface area contributed by atoms with E-state index in [-0.39, 0.29) is 11.9 Å². The van der Waals surface area contributed by atoms with Crippen LogP contribution in [0.2, 0.25) is 0 Å². The van der Waals surface area contributed by atoms with Crippen LogP contribution in [0.5, 0.6) is 0 Å². The van der Waals surface area contributed by atoms with Crippen molar-refractivity contribution in [2.75, 3.05) is 16.8 Å². The summed E-state index contributed by atoms with van der Waals surface area (Å²) in [5, 5.41) is 3.20. The van der Waals surface area contributed by atoms with Gasteiger partial charge in [0.25, 0.3) is 5.91 Å². The summed E-state index contributed by atoms with van der Waals surface area (Å²) in [5.41, 5.74) is 6.55. The van der Waals surface area contributed by atoms with Crippen LogP contribution in [0, 0.1) is 13.8 Å². The molecule has 3 heteroatoms. The number of hydrogen-bond donors (Lipinski definition) is 1. The van der Waals surface area contributed by atoms with Crippen LogP contribution < -0.4 is 10.2 Å². The molecule has 27 heavy (non-hydrogen) atoms. The van der Waals surface area contributed by atoms with Crippen molar-refractivity contribution in [1.82, 2.24) is 0 Å². The van der Waals surface area contributed by atoms with E-state index >= 15 is 0 Å². The van der Waals surface area contributed by atoms with E-state index in [9.17, 15) is 4.79 Å². The van der Waals surface area contributed by atoms with Crippen molar-refractivity contribution in [2.45, 2.75) is 26.3 Å². The van der Waals surface area contributed by atoms with Crippen LogP contribution in [0.3, 0.4) is 0 Å². The van der Waals surface area contributed by atoms with Crippen LogP contribution in [0.25, 0.3) is 0 Å². The number of benzene rings is 3. The first-order chi connectivity index (χ1) is 13.1. The van der Waals surface area contributed by atoms with Crippen molar-refractivity contribution in [3.8, 4) is 0 Å². The highest BCUT2D eigenvalue weighted by atomic mass is 16.2. The molecule has 0 aromatic heterocycles. The molecule has 136 valence electrons. The predicted molar refractivity (Wildman–Crippen MR) is 111 cm³/mol. The molecule has 3 aromatic rings. The van der Waals surface area contributed by atoms with Gasteiger partial charge in [-0.05, 0) is 48.6 Å². The van der Waals surface area contributed by atoms with Crippen LogP contribution in [0.15, 0.2) is 72.8 Å². The number of nitrogens with zero attached hydrogens (tertiary/aromatic N) is 1. The molecule has 0 saturated heterocycles. The van der Waals surface area contributed by atoms with Gasteiger partial charge in [0.05, 0.1) is 0 Å². The molecule has 0 radical (unpaired) electrons. The lowest BCUT2D eigenvalue weighted by atomic mass is 10.0. The van der Waals surface area contributed by atoms with Gasteiger partial charge in [-0.1, -0.05) is 66.7 Å². The molecule has 1 N–H and O–H groups in total. The molecule has 1 atom stereocenters. The minimum Gasteiger partial charge on any atom is -0.355 e. The van der Waals surface area contributed by atoms with Gasteiger partial charge in [0.1, 0.15) is 6.04 Å². The molecule has 0 saturated carbocycles. The smallest absolute Gasteiger partial charge is 0.251 e. The molecule has 1 aliphatic rings. The lowest BCUT2D eigenvalue weighted by Gasteiger charge is -2.30. The second-order valence-electron chi connectivity index (χ2n) is 7.14. The van der Waals surface area contributed by atoms with Crippen LogP contribution in [0.4, 0.5) is 11.4 Å². The third kappa shape index (κ3) is 3.33. The largest absolute Gasteiger partial charge is 0.355 e. The van der Waals surface area contributed by atoms with Gasteiger partial charge in [0, 0.05) is 17.9 Å². The minimum atomic E-state index is -0.353. The van der Waals surface area contributed by atoms with Gasteiger partial charge in [0.2, 0.25) is 0 Å². The molecule has 0 aliphatic carbocycles. The maximum absolute atomic E-state index is 13.5. The number of carbonyl (C=O) groups is 1. The maximum Gasteiger partial charge on any atom is 0.251 e. The summed E-state index contributed by atoms with van der Waals surface area (Å²) < 4.78 is 0. The van der Waals surface area contributed by atoms with E-state index in [1.165, 1.54) is 5.56 Å². The van der Waals surface area contributed by atoms with Crippen molar-refractivity contribution in [3.05, 3.63) is 95.1 Å². The van der Waals surface area contributed by atoms with Crippen molar-refractivity contribution in [3.63, 3.8) is 0 Å². The Morgan fingerprint density at radius 1 is 0.889 bits per heavy atom. The summed E-state index contributed by atoms with van der Waals surface area (Å²) in [5.74, 6) is 0.00954. The Balaban J connectivity index is 1.72. The highest BCUT2D eigenvalue weighted by Crippen LogP contribution is 2.36. The van der Waals surface area contributed by atoms with Gasteiger partial charge < -0.3 is 10.2 Å². The van der Waals surface area contributed by atoms with Gasteiger partial charge in [-0.3, -0.25) is 4.79 Å². The zero-order chi connectivity index (χ0) is 18.8. The highest BCUT2D eigenvalue weighted by molar-refractivity contribution is 5.99. The van der Waals surface area contributed by atoms with Gasteiger partial charge in [-0.2, -0.15) is 0 Å². The van der Waals surface area contributed by atoms with Crippen molar-refractivity contribution in [2.24, 2.45) is 0 Å². The normalized spacial score (nSPS) is 13.9. The molecule has 0 spiro atoms. The lowest BCUT2D eigenvalue weighted by molar-refractivity contribution is -0.117. The van der Waals surface area contributed by atoms with E-state index in [4.69, 9.17) is 0 Å². The molecule has 1 heterocycles. The predicted octanol–water partition coefficient (Wildman–Crippen LogP) is 5.05. The van der Waals surface area contributed by atoms with Gasteiger partial charge in [0.15, 0.2) is 0 Å². The molecule has 1 amide bonds. The molecule has 3 aromatic carbocycles. The average molecular weight is 356 g/mol. The van der Waals surface area contributed by atoms with Crippen LogP contribution in [0.1, 0.15) is 28.3 Å². The molecule has 1 unspecified atom stereocenters. The van der Waals surface area contributed by atoms with Crippen molar-refractivity contribution < 1.29 is 4.79 Å². The Morgan fingerprint density at radius 2 is 1.56 bits per heavy atom. The maximum atomic E-state index is 13.5. The lowest BCUT2D eigenvalue weighted by Crippen LogP contribution is -2.36. The first kappa shape index (κ1) is 17.3. The van der Waals surface area contributed by atoms with Gasteiger partial charge in [-0.25, -0.2) is 0 Å². The summed E-state index contributed by atoms with van der Waals surface area (Å²) in [6, 6.07) is 24.2. The SMILES string of the molecule is Cc1cccc(C)c1NC(=O)C(c1ccccc1)N1CCc2ccccc21. The Hall–Kier alpha value is -3.07. The van der Waals surface area contributed by atoms with Crippen LogP contribution in [-0.2, 0) is 11.2 Å². The Bertz CT molecular complexity index is 945. The number of para-hydroxylation sites is 2. The number of carbonyl (C=O) groups excluding carboxylic acids is 1. The number of anilines is 2. The second kappa shape index (κ2) is 7.28. The summed E-state index contributed by atoms with van der Waals surface area (Å²) in [7, 11) is 0. The minimum absolute atomic E-state index is 0.00954. The fourth-order valence-electron chi connectivity index (χ4n) is 3.94. The zero-order valence-electron chi connectivity index (χ0n) is 15.8. The number of aryl methyl sites for hydroxylation is 2. The number of fused-ring (bicyclic) bond motifs is 1. The van der Waals surface area contributed by atoms with Crippen LogP contribution in [-0.4, -0.2) is 12.5 Å². The highest BCUT2D eigenvalue weighted by Gasteiger charge is 2.32. The molecule has 0 bridgehead atoms. The summed E-state index contributed by atoms with van der Waals surface area (Å²) in [6.45, 7) is 4.91. The third-order valence-corrected chi connectivity index (χ3v) is 5.33. The van der Waals surface area contributed by atoms with E-state index in [0.717, 1.165) is 41.0 Å². The first-order valence-corrected chi connectivity index (χ1v) is 9.42. The summed E-state index contributed by atoms with van der Waals surface area (Å²) in [6.07, 6.45) is 0.968. The molecular weight excluding hydrogens is 332 g/mol. The summed E-state index contributed by atoms with van der Waals surface area (Å²) in [4.78, 5) is 15.7. The van der Waals surface area contributed by atoms with E-state index in [1.807, 2.05) is 68.4 Å². The molecular formula is C24H24N2O. The number of amides is 1. The van der Waals surface area contributed by atoms with E-state index < -0.39 is 0 Å². The van der Waals surface area contributed by atoms with Crippen molar-refractivity contribution in [1.29, 1.82) is 0 Å². The standard InChI is InChI=1S/C24H24N2O/c1-17-9-8-10-18(2)22(17)25-24(27)23(20-12-4-3-5-13-20)26-16-15-19-11-6-7-14-21(19)26/h3-14,23H,15-16H2,1-2H3,(H,25,27). The molecule has 4 rings (SSSR count). The Labute approximate surface area is 160 Å². The quantitative estimate of drug-likeness (QED) is 0.710. The second-order valence-corrected chi connectivity index (χ2v) is 7.14. The monoisotopic (exact) mass is 356 g/mol. The van der Waals surface area contributed by atoms with Crippen LogP contribution >= 0.6 is 0 Å². The number of nitrogens with one attached hydrogen (secondary N) is 1. The van der Waals surface area contributed by atoms with E-state index in [0.29, 0.717) is 0 Å². The van der Waals surface area contributed by atoms with Crippen molar-refractivity contribution >= 4 is 17.3 Å². The topological polar surface area (TPSA) is 32.3 Å². The number of hydrogen-bond acceptors (Lipinski definition) is 2. The molecule has 3 nitrogen and oxygen atoms in total. The van der Waals surface area contributed by atoms with E-state index in [1.54, 1.807) is 0 Å². The Morgan fingerprint density at radius 3 is 2.30 bits per heavy atom. The first-order valence-electron chi connectivity index (χ1n) is 9.42. The number of rotatable bonds is 4. The fraction of sp³-hybridized carbons (Fsp3) is 0.208. The molecule has 1 aliphatic heterocycles. The van der Waals surface area contributed by atoms with Gasteiger partial charge >= 0.3 is 0 Å². The van der Waals surface area contributed by atoms with E-state index in [2.05, 4.69) is 28.4 Å². The summed E-state index contributed by atoms with van der Waals surface area (Å²) >= 11 is 0. The molecule has 0 fully saturated rings. The average Bonchev–Trinajstić information content (AvgIpc) is 3.10. The fourth-order valence-corrected chi connectivity index (χ4v) is 3.94. The zero-order valence-corrected chi connectivity index (χ0v) is 15.8. The Kier molecular flexibility index (Phi) is 4.68. The third-order valence-electron chi connectivity index (χ3n) is 5.33.